The number of hydrogen-bond acceptors (Lipinski definition) is 6. The van der Waals surface area contributed by atoms with Crippen LogP contribution in [0.5, 0.6) is 5.88 Å². The zero-order valence-corrected chi connectivity index (χ0v) is 18.6. The Morgan fingerprint density at radius 1 is 1.10 bits per heavy atom. The summed E-state index contributed by atoms with van der Waals surface area (Å²) in [4.78, 5) is 18.6. The third-order valence-electron chi connectivity index (χ3n) is 4.59. The van der Waals surface area contributed by atoms with E-state index < -0.39 is 10.0 Å². The maximum Gasteiger partial charge on any atom is 0.259 e. The van der Waals surface area contributed by atoms with Crippen LogP contribution in [0.15, 0.2) is 41.4 Å². The van der Waals surface area contributed by atoms with E-state index in [-0.39, 0.29) is 59.5 Å². The molecule has 0 bridgehead atoms. The van der Waals surface area contributed by atoms with Crippen molar-refractivity contribution in [2.24, 2.45) is 0 Å². The Morgan fingerprint density at radius 3 is 2.53 bits per heavy atom. The molecule has 1 aromatic heterocycles. The first kappa shape index (κ1) is 22.8. The first-order valence-electron chi connectivity index (χ1n) is 9.16. The third-order valence-corrected chi connectivity index (χ3v) is 7.46. The lowest BCUT2D eigenvalue weighted by atomic mass is 10.2. The van der Waals surface area contributed by atoms with Crippen LogP contribution in [0.3, 0.4) is 0 Å². The SMILES string of the molecule is COCCOc1ncccc1C(=O)N1CCN(S(=O)(=O)c2cccc(Cl)c2Cl)CC1. The molecular formula is C19H21Cl2N3O5S. The monoisotopic (exact) mass is 473 g/mol. The van der Waals surface area contributed by atoms with Crippen LogP contribution in [0.4, 0.5) is 0 Å². The average Bonchev–Trinajstić information content (AvgIpc) is 2.75. The zero-order chi connectivity index (χ0) is 21.7. The second-order valence-electron chi connectivity index (χ2n) is 6.45. The molecule has 0 saturated carbocycles. The largest absolute Gasteiger partial charge is 0.475 e. The van der Waals surface area contributed by atoms with Gasteiger partial charge in [-0.2, -0.15) is 4.31 Å². The van der Waals surface area contributed by atoms with E-state index in [2.05, 4.69) is 4.98 Å². The topological polar surface area (TPSA) is 89.0 Å². The Bertz CT molecular complexity index is 1010. The number of halogens is 2. The number of hydrogen-bond donors (Lipinski definition) is 0. The Balaban J connectivity index is 1.70. The number of nitrogens with zero attached hydrogens (tertiary/aromatic N) is 3. The summed E-state index contributed by atoms with van der Waals surface area (Å²) in [6.45, 7) is 1.35. The molecule has 2 aromatic rings. The smallest absolute Gasteiger partial charge is 0.259 e. The molecule has 3 rings (SSSR count). The summed E-state index contributed by atoms with van der Waals surface area (Å²) in [6, 6.07) is 7.76. The van der Waals surface area contributed by atoms with Gasteiger partial charge in [-0.15, -0.1) is 0 Å². The second-order valence-corrected chi connectivity index (χ2v) is 9.14. The number of sulfonamides is 1. The fourth-order valence-corrected chi connectivity index (χ4v) is 5.17. The van der Waals surface area contributed by atoms with E-state index in [0.717, 1.165) is 0 Å². The first-order chi connectivity index (χ1) is 14.4. The van der Waals surface area contributed by atoms with Gasteiger partial charge in [0.1, 0.15) is 17.1 Å². The molecule has 1 amide bonds. The van der Waals surface area contributed by atoms with Gasteiger partial charge in [0.05, 0.1) is 16.7 Å². The molecule has 0 N–H and O–H groups in total. The average molecular weight is 474 g/mol. The molecule has 8 nitrogen and oxygen atoms in total. The Morgan fingerprint density at radius 2 is 1.83 bits per heavy atom. The molecule has 0 unspecified atom stereocenters. The van der Waals surface area contributed by atoms with Crippen molar-refractivity contribution in [1.29, 1.82) is 0 Å². The van der Waals surface area contributed by atoms with Gasteiger partial charge in [-0.1, -0.05) is 29.3 Å². The highest BCUT2D eigenvalue weighted by Crippen LogP contribution is 2.31. The van der Waals surface area contributed by atoms with E-state index >= 15 is 0 Å². The van der Waals surface area contributed by atoms with Crippen LogP contribution in [0, 0.1) is 0 Å². The highest BCUT2D eigenvalue weighted by Gasteiger charge is 2.33. The van der Waals surface area contributed by atoms with Crippen molar-refractivity contribution in [2.75, 3.05) is 46.5 Å². The van der Waals surface area contributed by atoms with Gasteiger partial charge in [0.2, 0.25) is 15.9 Å². The molecule has 1 aliphatic heterocycles. The number of benzene rings is 1. The molecule has 11 heteroatoms. The molecule has 1 fully saturated rings. The van der Waals surface area contributed by atoms with Gasteiger partial charge >= 0.3 is 0 Å². The summed E-state index contributed by atoms with van der Waals surface area (Å²) in [5, 5.41) is 0.162. The van der Waals surface area contributed by atoms with Gasteiger partial charge in [0, 0.05) is 39.5 Å². The number of ether oxygens (including phenoxy) is 2. The molecular weight excluding hydrogens is 453 g/mol. The van der Waals surface area contributed by atoms with Crippen molar-refractivity contribution in [1.82, 2.24) is 14.2 Å². The first-order valence-corrected chi connectivity index (χ1v) is 11.4. The van der Waals surface area contributed by atoms with Gasteiger partial charge in [0.25, 0.3) is 5.91 Å². The van der Waals surface area contributed by atoms with Crippen LogP contribution in [-0.2, 0) is 14.8 Å². The standard InChI is InChI=1S/C19H21Cl2N3O5S/c1-28-12-13-29-18-14(4-3-7-22-18)19(25)23-8-10-24(11-9-23)30(26,27)16-6-2-5-15(20)17(16)21/h2-7H,8-13H2,1H3. The minimum Gasteiger partial charge on any atom is -0.475 e. The van der Waals surface area contributed by atoms with E-state index in [4.69, 9.17) is 32.7 Å². The summed E-state index contributed by atoms with van der Waals surface area (Å²) >= 11 is 12.1. The maximum atomic E-state index is 12.9. The molecule has 1 saturated heterocycles. The maximum absolute atomic E-state index is 12.9. The van der Waals surface area contributed by atoms with Crippen molar-refractivity contribution in [3.63, 3.8) is 0 Å². The molecule has 0 radical (unpaired) electrons. The van der Waals surface area contributed by atoms with E-state index in [1.165, 1.54) is 28.7 Å². The fourth-order valence-electron chi connectivity index (χ4n) is 3.01. The number of piperazine rings is 1. The van der Waals surface area contributed by atoms with Crippen molar-refractivity contribution in [3.8, 4) is 5.88 Å². The third kappa shape index (κ3) is 4.87. The van der Waals surface area contributed by atoms with Crippen LogP contribution in [-0.4, -0.2) is 75.0 Å². The lowest BCUT2D eigenvalue weighted by molar-refractivity contribution is 0.0689. The Labute approximate surface area is 185 Å². The van der Waals surface area contributed by atoms with Gasteiger partial charge in [-0.25, -0.2) is 13.4 Å². The number of methoxy groups -OCH3 is 1. The quantitative estimate of drug-likeness (QED) is 0.574. The molecule has 2 heterocycles. The number of amides is 1. The van der Waals surface area contributed by atoms with Crippen LogP contribution < -0.4 is 4.74 Å². The number of pyridine rings is 1. The summed E-state index contributed by atoms with van der Waals surface area (Å²) in [6.07, 6.45) is 1.54. The predicted molar refractivity (Wildman–Crippen MR) is 113 cm³/mol. The lowest BCUT2D eigenvalue weighted by Crippen LogP contribution is -2.50. The number of carbonyl (C=O) groups is 1. The molecule has 1 aliphatic rings. The summed E-state index contributed by atoms with van der Waals surface area (Å²) < 4.78 is 37.7. The van der Waals surface area contributed by atoms with Crippen LogP contribution in [0.25, 0.3) is 0 Å². The number of aromatic nitrogens is 1. The van der Waals surface area contributed by atoms with Gasteiger partial charge in [-0.05, 0) is 24.3 Å². The van der Waals surface area contributed by atoms with Crippen LogP contribution in [0.2, 0.25) is 10.0 Å². The van der Waals surface area contributed by atoms with Crippen LogP contribution in [0.1, 0.15) is 10.4 Å². The molecule has 30 heavy (non-hydrogen) atoms. The van der Waals surface area contributed by atoms with E-state index in [1.807, 2.05) is 0 Å². The van der Waals surface area contributed by atoms with Gasteiger partial charge in [0.15, 0.2) is 0 Å². The van der Waals surface area contributed by atoms with E-state index in [0.29, 0.717) is 12.2 Å². The predicted octanol–water partition coefficient (Wildman–Crippen LogP) is 2.56. The highest BCUT2D eigenvalue weighted by molar-refractivity contribution is 7.89. The normalized spacial score (nSPS) is 15.2. The zero-order valence-electron chi connectivity index (χ0n) is 16.3. The fraction of sp³-hybridized carbons (Fsp3) is 0.368. The van der Waals surface area contributed by atoms with Gasteiger partial charge < -0.3 is 14.4 Å². The summed E-state index contributed by atoms with van der Waals surface area (Å²) in [7, 11) is -2.27. The Hall–Kier alpha value is -1.91. The Kier molecular flexibility index (Phi) is 7.54. The molecule has 1 aromatic carbocycles. The van der Waals surface area contributed by atoms with Crippen molar-refractivity contribution >= 4 is 39.1 Å². The van der Waals surface area contributed by atoms with Crippen molar-refractivity contribution < 1.29 is 22.7 Å². The summed E-state index contributed by atoms with van der Waals surface area (Å²) in [5.74, 6) is -0.0475. The van der Waals surface area contributed by atoms with Crippen molar-refractivity contribution in [3.05, 3.63) is 52.1 Å². The second kappa shape index (κ2) is 9.93. The van der Waals surface area contributed by atoms with Crippen LogP contribution >= 0.6 is 23.2 Å². The minimum absolute atomic E-state index is 0.00844. The molecule has 0 aliphatic carbocycles. The minimum atomic E-state index is -3.82. The number of carbonyl (C=O) groups excluding carboxylic acids is 1. The van der Waals surface area contributed by atoms with E-state index in [1.54, 1.807) is 24.1 Å². The van der Waals surface area contributed by atoms with Gasteiger partial charge in [-0.3, -0.25) is 4.79 Å². The lowest BCUT2D eigenvalue weighted by Gasteiger charge is -2.34. The number of rotatable bonds is 7. The highest BCUT2D eigenvalue weighted by atomic mass is 35.5. The van der Waals surface area contributed by atoms with Crippen molar-refractivity contribution in [2.45, 2.75) is 4.90 Å². The molecule has 162 valence electrons. The molecule has 0 atom stereocenters. The van der Waals surface area contributed by atoms with E-state index in [9.17, 15) is 13.2 Å². The molecule has 0 spiro atoms. The summed E-state index contributed by atoms with van der Waals surface area (Å²) in [5.41, 5.74) is 0.322.